The predicted molar refractivity (Wildman–Crippen MR) is 332 cm³/mol. The number of aromatic nitrogens is 6. The second-order valence-corrected chi connectivity index (χ2v) is 25.4. The first-order chi connectivity index (χ1) is 41.9. The number of nitro groups is 2. The van der Waals surface area contributed by atoms with E-state index in [0.29, 0.717) is 85.8 Å². The van der Waals surface area contributed by atoms with Crippen LogP contribution in [0.3, 0.4) is 0 Å². The first kappa shape index (κ1) is 61.3. The minimum absolute atomic E-state index is 0.0586. The van der Waals surface area contributed by atoms with Gasteiger partial charge in [0.1, 0.15) is 11.6 Å². The fourth-order valence-corrected chi connectivity index (χ4v) is 13.8. The van der Waals surface area contributed by atoms with Crippen LogP contribution in [-0.2, 0) is 32.9 Å². The third kappa shape index (κ3) is 13.9. The van der Waals surface area contributed by atoms with E-state index >= 15 is 0 Å². The zero-order chi connectivity index (χ0) is 61.4. The fraction of sp³-hybridized carbons (Fsp3) is 0.194. The molecule has 2 atom stereocenters. The summed E-state index contributed by atoms with van der Waals surface area (Å²) in [5.41, 5.74) is 3.85. The van der Waals surface area contributed by atoms with Crippen LogP contribution < -0.4 is 5.32 Å². The highest BCUT2D eigenvalue weighted by atomic mass is 35.5. The number of hydrogen-bond donors (Lipinski definition) is 1. The zero-order valence-electron chi connectivity index (χ0n) is 46.1. The summed E-state index contributed by atoms with van der Waals surface area (Å²) in [6, 6.07) is 42.0. The molecule has 6 aromatic carbocycles. The first-order valence-electron chi connectivity index (χ1n) is 27.4. The van der Waals surface area contributed by atoms with Crippen LogP contribution in [0.25, 0.3) is 44.3 Å². The topological polar surface area (TPSA) is 265 Å². The molecule has 4 aromatic heterocycles. The van der Waals surface area contributed by atoms with Crippen LogP contribution >= 0.6 is 34.8 Å². The average Bonchev–Trinajstić information content (AvgIpc) is 2.11. The number of fused-ring (bicyclic) bond motifs is 2. The van der Waals surface area contributed by atoms with Crippen LogP contribution in [0.2, 0.25) is 10.0 Å². The molecule has 87 heavy (non-hydrogen) atoms. The van der Waals surface area contributed by atoms with Crippen molar-refractivity contribution in [2.24, 2.45) is 11.8 Å². The van der Waals surface area contributed by atoms with Gasteiger partial charge < -0.3 is 10.2 Å². The molecular formula is C62H53Cl3N10O10S2. The molecule has 444 valence electrons. The molecule has 2 aliphatic rings. The molecule has 0 saturated carbocycles. The highest BCUT2D eigenvalue weighted by Gasteiger charge is 2.29. The van der Waals surface area contributed by atoms with Crippen molar-refractivity contribution >= 4 is 99.2 Å². The molecule has 12 rings (SSSR count). The molecule has 10 aromatic rings. The van der Waals surface area contributed by atoms with E-state index in [1.165, 1.54) is 62.7 Å². The van der Waals surface area contributed by atoms with E-state index < -0.39 is 35.1 Å². The standard InChI is InChI=1S/C31H26ClN5O5S.C24H23ClN4O2S.C7H4ClNO3/c32-27-18-33-29(17-21-7-6-16-35(19-21)31(38)22-12-14-23(15-13-22)37(39)40)34-30(27)26-20-36(28-11-5-4-10-25(26)28)43(41,42)24-8-2-1-3-9-24;25-21-15-27-23(13-17-7-6-12-26-14-17)28-24(21)20-16-29(22-11-5-4-10-19(20)22)32(30,31)18-8-2-1-3-9-18;8-7(10)5-1-3-6(4-2-5)9(11)12/h1-5,8-15,18,20-21H,6-7,16-17,19H2;1-5,8-11,15-17,26H,6-7,12-14H2;1-4H/t21-;17-;/m00./s1. The highest BCUT2D eigenvalue weighted by molar-refractivity contribution is 7.90. The Bertz CT molecular complexity index is 4390. The number of likely N-dealkylation sites (tertiary alicyclic amines) is 1. The lowest BCUT2D eigenvalue weighted by atomic mass is 9.94. The molecule has 0 radical (unpaired) electrons. The fourth-order valence-electron chi connectivity index (χ4n) is 10.5. The van der Waals surface area contributed by atoms with Crippen molar-refractivity contribution in [3.8, 4) is 22.5 Å². The van der Waals surface area contributed by atoms with Crippen molar-refractivity contribution in [1.29, 1.82) is 0 Å². The van der Waals surface area contributed by atoms with E-state index in [2.05, 4.69) is 15.3 Å². The molecule has 1 amide bonds. The van der Waals surface area contributed by atoms with E-state index in [1.54, 1.807) is 102 Å². The molecule has 2 fully saturated rings. The van der Waals surface area contributed by atoms with Gasteiger partial charge in [-0.25, -0.2) is 44.7 Å². The van der Waals surface area contributed by atoms with Crippen molar-refractivity contribution in [2.75, 3.05) is 26.2 Å². The molecule has 0 unspecified atom stereocenters. The van der Waals surface area contributed by atoms with Gasteiger partial charge in [0.25, 0.3) is 42.6 Å². The second kappa shape index (κ2) is 26.9. The van der Waals surface area contributed by atoms with Gasteiger partial charge >= 0.3 is 0 Å². The maximum absolute atomic E-state index is 13.6. The van der Waals surface area contributed by atoms with Gasteiger partial charge in [-0.15, -0.1) is 0 Å². The third-order valence-electron chi connectivity index (χ3n) is 14.8. The van der Waals surface area contributed by atoms with Gasteiger partial charge in [0.2, 0.25) is 0 Å². The Morgan fingerprint density at radius 2 is 1.01 bits per heavy atom. The summed E-state index contributed by atoms with van der Waals surface area (Å²) in [5.74, 6) is 1.66. The lowest BCUT2D eigenvalue weighted by molar-refractivity contribution is -0.385. The number of halogens is 3. The SMILES string of the molecule is O=C(Cl)c1ccc([N+](=O)[O-])cc1.O=C(c1ccc([N+](=O)[O-])cc1)N1CCC[C@@H](Cc2ncc(Cl)c(-c3cn(S(=O)(=O)c4ccccc4)c4ccccc34)n2)C1.O=S(=O)(c1ccccc1)n1cc(-c2nc(C[C@@H]3CCCNC3)ncc2Cl)c2ccccc21. The molecule has 2 saturated heterocycles. The number of non-ortho nitro benzene ring substituents is 2. The van der Waals surface area contributed by atoms with Crippen LogP contribution in [0.15, 0.2) is 192 Å². The molecule has 6 heterocycles. The third-order valence-corrected chi connectivity index (χ3v) is 19.0. The summed E-state index contributed by atoms with van der Waals surface area (Å²) in [6.45, 7) is 3.09. The highest BCUT2D eigenvalue weighted by Crippen LogP contribution is 2.38. The number of carbonyl (C=O) groups excluding carboxylic acids is 2. The number of nitrogens with one attached hydrogen (secondary N) is 1. The molecule has 2 aliphatic heterocycles. The van der Waals surface area contributed by atoms with Crippen molar-refractivity contribution < 1.29 is 36.3 Å². The van der Waals surface area contributed by atoms with Crippen LogP contribution in [-0.4, -0.2) is 96.8 Å². The lowest BCUT2D eigenvalue weighted by Crippen LogP contribution is -2.40. The van der Waals surface area contributed by atoms with E-state index in [9.17, 15) is 46.7 Å². The Kier molecular flexibility index (Phi) is 18.9. The van der Waals surface area contributed by atoms with Gasteiger partial charge in [-0.1, -0.05) is 96.0 Å². The molecule has 0 bridgehead atoms. The number of nitro benzene ring substituents is 2. The monoisotopic (exact) mass is 1270 g/mol. The van der Waals surface area contributed by atoms with Gasteiger partial charge in [0, 0.05) is 108 Å². The number of piperidine rings is 2. The molecule has 0 spiro atoms. The van der Waals surface area contributed by atoms with Crippen LogP contribution in [0.5, 0.6) is 0 Å². The van der Waals surface area contributed by atoms with Crippen molar-refractivity contribution in [3.05, 3.63) is 236 Å². The number of hydrogen-bond acceptors (Lipinski definition) is 15. The molecule has 25 heteroatoms. The van der Waals surface area contributed by atoms with Gasteiger partial charge in [-0.05, 0) is 123 Å². The zero-order valence-corrected chi connectivity index (χ0v) is 50.0. The summed E-state index contributed by atoms with van der Waals surface area (Å²) in [6.07, 6.45) is 11.5. The Balaban J connectivity index is 0.000000166. The number of carbonyl (C=O) groups is 2. The number of benzene rings is 6. The van der Waals surface area contributed by atoms with Gasteiger partial charge in [-0.2, -0.15) is 0 Å². The molecular weight excluding hydrogens is 1220 g/mol. The maximum atomic E-state index is 13.6. The summed E-state index contributed by atoms with van der Waals surface area (Å²) in [5, 5.41) is 26.1. The van der Waals surface area contributed by atoms with Gasteiger partial charge in [0.15, 0.2) is 0 Å². The summed E-state index contributed by atoms with van der Waals surface area (Å²) >= 11 is 18.2. The van der Waals surface area contributed by atoms with E-state index in [1.807, 2.05) is 30.3 Å². The minimum Gasteiger partial charge on any atom is -0.338 e. The lowest BCUT2D eigenvalue weighted by Gasteiger charge is -2.32. The van der Waals surface area contributed by atoms with Gasteiger partial charge in [-0.3, -0.25) is 29.8 Å². The van der Waals surface area contributed by atoms with E-state index in [4.69, 9.17) is 44.8 Å². The summed E-state index contributed by atoms with van der Waals surface area (Å²) in [7, 11) is -7.66. The van der Waals surface area contributed by atoms with E-state index in [0.717, 1.165) is 56.4 Å². The summed E-state index contributed by atoms with van der Waals surface area (Å²) in [4.78, 5) is 64.4. The Hall–Kier alpha value is -8.77. The second-order valence-electron chi connectivity index (χ2n) is 20.6. The van der Waals surface area contributed by atoms with Crippen LogP contribution in [0.1, 0.15) is 58.0 Å². The maximum Gasteiger partial charge on any atom is 0.269 e. The quantitative estimate of drug-likeness (QED) is 0.0602. The van der Waals surface area contributed by atoms with Crippen LogP contribution in [0.4, 0.5) is 11.4 Å². The Morgan fingerprint density at radius 3 is 1.46 bits per heavy atom. The van der Waals surface area contributed by atoms with Gasteiger partial charge in [0.05, 0.1) is 52.1 Å². The number of para-hydroxylation sites is 2. The van der Waals surface area contributed by atoms with Crippen molar-refractivity contribution in [3.63, 3.8) is 0 Å². The van der Waals surface area contributed by atoms with E-state index in [-0.39, 0.29) is 38.6 Å². The Labute approximate surface area is 514 Å². The molecule has 0 aliphatic carbocycles. The largest absolute Gasteiger partial charge is 0.338 e. The first-order valence-corrected chi connectivity index (χ1v) is 31.4. The summed E-state index contributed by atoms with van der Waals surface area (Å²) < 4.78 is 56.5. The average molecular weight is 1270 g/mol. The predicted octanol–water partition coefficient (Wildman–Crippen LogP) is 12.5. The number of amides is 1. The Morgan fingerprint density at radius 1 is 0.575 bits per heavy atom. The molecule has 1 N–H and O–H groups in total. The smallest absolute Gasteiger partial charge is 0.269 e. The minimum atomic E-state index is -3.88. The number of rotatable bonds is 14. The number of nitrogens with zero attached hydrogens (tertiary/aromatic N) is 9. The van der Waals surface area contributed by atoms with Crippen molar-refractivity contribution in [1.82, 2.24) is 38.1 Å². The normalized spacial score (nSPS) is 15.2. The van der Waals surface area contributed by atoms with Crippen molar-refractivity contribution in [2.45, 2.75) is 48.3 Å². The molecule has 20 nitrogen and oxygen atoms in total. The van der Waals surface area contributed by atoms with Crippen LogP contribution in [0, 0.1) is 32.1 Å².